The van der Waals surface area contributed by atoms with E-state index in [1.54, 1.807) is 17.0 Å². The number of carbonyl (C=O) groups excluding carboxylic acids is 1. The van der Waals surface area contributed by atoms with Gasteiger partial charge in [-0.1, -0.05) is 24.3 Å². The lowest BCUT2D eigenvalue weighted by molar-refractivity contribution is 0.0985. The van der Waals surface area contributed by atoms with Crippen LogP contribution in [-0.2, 0) is 25.9 Å². The van der Waals surface area contributed by atoms with Gasteiger partial charge in [-0.15, -0.1) is 12.4 Å². The molecule has 9 nitrogen and oxygen atoms in total. The number of methoxy groups -OCH3 is 2. The minimum absolute atomic E-state index is 0. The smallest absolute Gasteiger partial charge is 0.260 e. The minimum atomic E-state index is -3.77. The van der Waals surface area contributed by atoms with E-state index in [-0.39, 0.29) is 49.5 Å². The summed E-state index contributed by atoms with van der Waals surface area (Å²) in [5, 5.41) is 0.622. The predicted octanol–water partition coefficient (Wildman–Crippen LogP) is 3.77. The fourth-order valence-electron chi connectivity index (χ4n) is 3.69. The first-order valence-electron chi connectivity index (χ1n) is 12.2. The van der Waals surface area contributed by atoms with Gasteiger partial charge in [-0.05, 0) is 62.5 Å². The SMILES string of the molecule is CCc1ccc2nc(N(CCN(C)C)C(=O)c3ccc(S(=O)(=O)N(CCOC)CCOC)cc3)sc2c1.Cl. The molecule has 0 saturated carbocycles. The number of likely N-dealkylation sites (N-methyl/N-ethyl adjacent to an activating group) is 1. The highest BCUT2D eigenvalue weighted by Gasteiger charge is 2.26. The number of thiazole rings is 1. The molecule has 0 aliphatic rings. The largest absolute Gasteiger partial charge is 0.383 e. The number of hydrogen-bond acceptors (Lipinski definition) is 8. The summed E-state index contributed by atoms with van der Waals surface area (Å²) >= 11 is 1.49. The highest BCUT2D eigenvalue weighted by Crippen LogP contribution is 2.31. The third-order valence-corrected chi connectivity index (χ3v) is 8.88. The number of rotatable bonds is 14. The van der Waals surface area contributed by atoms with Gasteiger partial charge in [-0.2, -0.15) is 4.31 Å². The van der Waals surface area contributed by atoms with Crippen molar-refractivity contribution < 1.29 is 22.7 Å². The van der Waals surface area contributed by atoms with Crippen LogP contribution in [0.25, 0.3) is 10.2 Å². The quantitative estimate of drug-likeness (QED) is 0.285. The standard InChI is InChI=1S/C26H36N4O5S2.ClH/c1-6-20-7-12-23-24(19-20)36-26(27-23)30(14-13-28(2)3)25(31)21-8-10-22(11-9-21)37(32,33)29(15-17-34-4)16-18-35-5;/h7-12,19H,6,13-18H2,1-5H3;1H. The first-order valence-corrected chi connectivity index (χ1v) is 14.4. The lowest BCUT2D eigenvalue weighted by Crippen LogP contribution is -2.37. The zero-order valence-corrected chi connectivity index (χ0v) is 25.0. The Bertz CT molecular complexity index is 1270. The predicted molar refractivity (Wildman–Crippen MR) is 155 cm³/mol. The van der Waals surface area contributed by atoms with Crippen molar-refractivity contribution in [2.45, 2.75) is 18.2 Å². The number of aromatic nitrogens is 1. The van der Waals surface area contributed by atoms with E-state index in [2.05, 4.69) is 19.1 Å². The first-order chi connectivity index (χ1) is 17.7. The van der Waals surface area contributed by atoms with Gasteiger partial charge < -0.3 is 14.4 Å². The second-order valence-electron chi connectivity index (χ2n) is 8.83. The molecule has 0 fully saturated rings. The lowest BCUT2D eigenvalue weighted by atomic mass is 10.2. The van der Waals surface area contributed by atoms with Gasteiger partial charge in [0.15, 0.2) is 5.13 Å². The van der Waals surface area contributed by atoms with Gasteiger partial charge in [0, 0.05) is 46.0 Å². The first kappa shape index (κ1) is 32.1. The maximum atomic E-state index is 13.6. The van der Waals surface area contributed by atoms with Gasteiger partial charge in [0.25, 0.3) is 5.91 Å². The molecule has 0 bridgehead atoms. The number of halogens is 1. The summed E-state index contributed by atoms with van der Waals surface area (Å²) in [6.07, 6.45) is 0.927. The molecule has 0 atom stereocenters. The Hall–Kier alpha value is -2.12. The van der Waals surface area contributed by atoms with Gasteiger partial charge in [0.1, 0.15) is 0 Å². The van der Waals surface area contributed by atoms with Crippen molar-refractivity contribution in [1.29, 1.82) is 0 Å². The summed E-state index contributed by atoms with van der Waals surface area (Å²) in [5.74, 6) is -0.226. The van der Waals surface area contributed by atoms with Gasteiger partial charge in [-0.3, -0.25) is 9.69 Å². The average Bonchev–Trinajstić information content (AvgIpc) is 3.31. The number of nitrogens with zero attached hydrogens (tertiary/aromatic N) is 4. The summed E-state index contributed by atoms with van der Waals surface area (Å²) in [7, 11) is 3.18. The average molecular weight is 585 g/mol. The Morgan fingerprint density at radius 2 is 1.58 bits per heavy atom. The number of benzene rings is 2. The highest BCUT2D eigenvalue weighted by atomic mass is 35.5. The number of hydrogen-bond donors (Lipinski definition) is 0. The van der Waals surface area contributed by atoms with E-state index in [0.717, 1.165) is 16.6 Å². The molecule has 1 amide bonds. The fourth-order valence-corrected chi connectivity index (χ4v) is 6.15. The fraction of sp³-hybridized carbons (Fsp3) is 0.462. The van der Waals surface area contributed by atoms with Gasteiger partial charge >= 0.3 is 0 Å². The molecule has 0 saturated heterocycles. The van der Waals surface area contributed by atoms with Crippen LogP contribution in [0.5, 0.6) is 0 Å². The highest BCUT2D eigenvalue weighted by molar-refractivity contribution is 7.89. The van der Waals surface area contributed by atoms with E-state index in [4.69, 9.17) is 14.5 Å². The van der Waals surface area contributed by atoms with E-state index < -0.39 is 10.0 Å². The zero-order chi connectivity index (χ0) is 27.0. The van der Waals surface area contributed by atoms with Crippen molar-refractivity contribution >= 4 is 55.0 Å². The molecule has 0 radical (unpaired) electrons. The number of ether oxygens (including phenoxy) is 2. The van der Waals surface area contributed by atoms with E-state index in [9.17, 15) is 13.2 Å². The Labute approximate surface area is 235 Å². The summed E-state index contributed by atoms with van der Waals surface area (Å²) in [6, 6.07) is 12.2. The van der Waals surface area contributed by atoms with Crippen LogP contribution in [0.2, 0.25) is 0 Å². The molecule has 0 aliphatic heterocycles. The van der Waals surface area contributed by atoms with Crippen LogP contribution in [0.3, 0.4) is 0 Å². The van der Waals surface area contributed by atoms with E-state index in [1.807, 2.05) is 25.1 Å². The normalized spacial score (nSPS) is 11.8. The van der Waals surface area contributed by atoms with Gasteiger partial charge in [0.05, 0.1) is 28.3 Å². The number of fused-ring (bicyclic) bond motifs is 1. The van der Waals surface area contributed by atoms with Crippen LogP contribution in [0.1, 0.15) is 22.8 Å². The Morgan fingerprint density at radius 1 is 0.947 bits per heavy atom. The molecule has 12 heteroatoms. The van der Waals surface area contributed by atoms with Crippen LogP contribution in [0.4, 0.5) is 5.13 Å². The number of aryl methyl sites for hydroxylation is 1. The number of sulfonamides is 1. The minimum Gasteiger partial charge on any atom is -0.383 e. The van der Waals surface area contributed by atoms with Gasteiger partial charge in [-0.25, -0.2) is 13.4 Å². The second kappa shape index (κ2) is 14.9. The Kier molecular flexibility index (Phi) is 12.6. The molecule has 38 heavy (non-hydrogen) atoms. The maximum absolute atomic E-state index is 13.6. The summed E-state index contributed by atoms with van der Waals surface area (Å²) in [6.45, 7) is 4.16. The molecular weight excluding hydrogens is 548 g/mol. The molecule has 2 aromatic carbocycles. The van der Waals surface area contributed by atoms with Crippen LogP contribution >= 0.6 is 23.7 Å². The van der Waals surface area contributed by atoms with Crippen LogP contribution in [-0.4, -0.2) is 96.2 Å². The number of carbonyl (C=O) groups is 1. The Balaban J connectivity index is 0.00000507. The van der Waals surface area contributed by atoms with Crippen LogP contribution < -0.4 is 4.90 Å². The molecule has 3 aromatic rings. The molecule has 0 unspecified atom stereocenters. The summed E-state index contributed by atoms with van der Waals surface area (Å²) < 4.78 is 38.9. The second-order valence-corrected chi connectivity index (χ2v) is 11.8. The molecule has 1 heterocycles. The van der Waals surface area contributed by atoms with E-state index >= 15 is 0 Å². The number of anilines is 1. The molecule has 0 N–H and O–H groups in total. The van der Waals surface area contributed by atoms with Crippen molar-refractivity contribution in [1.82, 2.24) is 14.2 Å². The molecule has 0 spiro atoms. The zero-order valence-electron chi connectivity index (χ0n) is 22.5. The van der Waals surface area contributed by atoms with E-state index in [0.29, 0.717) is 23.8 Å². The molecule has 210 valence electrons. The van der Waals surface area contributed by atoms with Crippen LogP contribution in [0, 0.1) is 0 Å². The summed E-state index contributed by atoms with van der Waals surface area (Å²) in [4.78, 5) is 22.1. The van der Waals surface area contributed by atoms with E-state index in [1.165, 1.54) is 47.6 Å². The van der Waals surface area contributed by atoms with Crippen molar-refractivity contribution in [2.75, 3.05) is 72.6 Å². The maximum Gasteiger partial charge on any atom is 0.260 e. The van der Waals surface area contributed by atoms with Crippen molar-refractivity contribution in [3.8, 4) is 0 Å². The van der Waals surface area contributed by atoms with Crippen LogP contribution in [0.15, 0.2) is 47.4 Å². The van der Waals surface area contributed by atoms with Crippen molar-refractivity contribution in [2.24, 2.45) is 0 Å². The summed E-state index contributed by atoms with van der Waals surface area (Å²) in [5.41, 5.74) is 2.47. The molecular formula is C26H37ClN4O5S2. The molecule has 3 rings (SSSR count). The van der Waals surface area contributed by atoms with Crippen molar-refractivity contribution in [3.05, 3.63) is 53.6 Å². The third kappa shape index (κ3) is 7.95. The topological polar surface area (TPSA) is 92.3 Å². The molecule has 1 aromatic heterocycles. The monoisotopic (exact) mass is 584 g/mol. The molecule has 0 aliphatic carbocycles. The van der Waals surface area contributed by atoms with Crippen molar-refractivity contribution in [3.63, 3.8) is 0 Å². The number of amides is 1. The third-order valence-electron chi connectivity index (χ3n) is 5.93. The Morgan fingerprint density at radius 3 is 2.13 bits per heavy atom. The lowest BCUT2D eigenvalue weighted by Gasteiger charge is -2.23. The van der Waals surface area contributed by atoms with Gasteiger partial charge in [0.2, 0.25) is 10.0 Å².